The molecule has 1 heterocycles. The first-order valence-electron chi connectivity index (χ1n) is 7.77. The average molecular weight is 392 g/mol. The number of halogens is 2. The molecule has 3 rings (SSSR count). The minimum absolute atomic E-state index is 0.256. The second kappa shape index (κ2) is 7.45. The Morgan fingerprint density at radius 2 is 2.00 bits per heavy atom. The van der Waals surface area contributed by atoms with Crippen molar-refractivity contribution in [1.82, 2.24) is 9.55 Å². The number of nitrogens with zero attached hydrogens (tertiary/aromatic N) is 2. The number of aliphatic hydroxyl groups is 1. The summed E-state index contributed by atoms with van der Waals surface area (Å²) >= 11 is 12.0. The van der Waals surface area contributed by atoms with Gasteiger partial charge in [-0.25, -0.2) is 4.98 Å². The highest BCUT2D eigenvalue weighted by molar-refractivity contribution is 6.42. The summed E-state index contributed by atoms with van der Waals surface area (Å²) in [6, 6.07) is 9.67. The van der Waals surface area contributed by atoms with Crippen molar-refractivity contribution >= 4 is 45.7 Å². The first-order chi connectivity index (χ1) is 12.4. The van der Waals surface area contributed by atoms with Crippen LogP contribution in [0.5, 0.6) is 0 Å². The van der Waals surface area contributed by atoms with E-state index in [-0.39, 0.29) is 11.6 Å². The predicted octanol–water partition coefficient (Wildman–Crippen LogP) is 3.24. The van der Waals surface area contributed by atoms with Crippen LogP contribution in [0.25, 0.3) is 10.9 Å². The van der Waals surface area contributed by atoms with Crippen molar-refractivity contribution in [3.05, 3.63) is 68.7 Å². The monoisotopic (exact) mass is 391 g/mol. The Labute approximate surface area is 159 Å². The number of anilines is 1. The Balaban J connectivity index is 2.05. The van der Waals surface area contributed by atoms with E-state index in [9.17, 15) is 9.59 Å². The lowest BCUT2D eigenvalue weighted by Crippen LogP contribution is -2.24. The fourth-order valence-corrected chi connectivity index (χ4v) is 2.93. The quantitative estimate of drug-likeness (QED) is 0.714. The van der Waals surface area contributed by atoms with Crippen molar-refractivity contribution in [2.45, 2.75) is 13.0 Å². The van der Waals surface area contributed by atoms with E-state index in [2.05, 4.69) is 10.3 Å². The topological polar surface area (TPSA) is 84.2 Å². The molecule has 8 heteroatoms. The summed E-state index contributed by atoms with van der Waals surface area (Å²) in [6.07, 6.45) is 1.48. The number of aromatic nitrogens is 2. The molecule has 1 atom stereocenters. The lowest BCUT2D eigenvalue weighted by Gasteiger charge is -2.16. The number of amides is 1. The molecule has 0 spiro atoms. The van der Waals surface area contributed by atoms with E-state index in [4.69, 9.17) is 28.3 Å². The van der Waals surface area contributed by atoms with E-state index in [1.165, 1.54) is 17.0 Å². The van der Waals surface area contributed by atoms with E-state index >= 15 is 0 Å². The smallest absolute Gasteiger partial charge is 0.261 e. The molecule has 2 N–H and O–H groups in total. The molecule has 1 amide bonds. The molecule has 26 heavy (non-hydrogen) atoms. The van der Waals surface area contributed by atoms with Gasteiger partial charge in [0.05, 0.1) is 33.3 Å². The van der Waals surface area contributed by atoms with Crippen molar-refractivity contribution in [3.63, 3.8) is 0 Å². The van der Waals surface area contributed by atoms with Gasteiger partial charge in [-0.15, -0.1) is 0 Å². The van der Waals surface area contributed by atoms with Crippen LogP contribution >= 0.6 is 23.2 Å². The molecule has 1 aromatic heterocycles. The highest BCUT2D eigenvalue weighted by Crippen LogP contribution is 2.27. The van der Waals surface area contributed by atoms with Crippen LogP contribution in [0.4, 0.5) is 5.69 Å². The summed E-state index contributed by atoms with van der Waals surface area (Å²) in [4.78, 5) is 28.6. The Hall–Kier alpha value is -2.41. The molecule has 3 aromatic rings. The third-order valence-corrected chi connectivity index (χ3v) is 4.79. The first-order valence-corrected chi connectivity index (χ1v) is 8.53. The van der Waals surface area contributed by atoms with Gasteiger partial charge in [-0.05, 0) is 42.8 Å². The number of hydrogen-bond donors (Lipinski definition) is 2. The zero-order valence-electron chi connectivity index (χ0n) is 13.7. The fourth-order valence-electron chi connectivity index (χ4n) is 2.62. The summed E-state index contributed by atoms with van der Waals surface area (Å²) in [5.74, 6) is -0.558. The van der Waals surface area contributed by atoms with Crippen LogP contribution in [0.2, 0.25) is 10.0 Å². The summed E-state index contributed by atoms with van der Waals surface area (Å²) in [5.41, 5.74) is 1.48. The van der Waals surface area contributed by atoms with Gasteiger partial charge in [0.2, 0.25) is 5.91 Å². The van der Waals surface area contributed by atoms with E-state index in [1.807, 2.05) is 6.92 Å². The molecule has 0 fully saturated rings. The second-order valence-corrected chi connectivity index (χ2v) is 6.56. The Kier molecular flexibility index (Phi) is 5.27. The van der Waals surface area contributed by atoms with Gasteiger partial charge in [-0.1, -0.05) is 29.3 Å². The summed E-state index contributed by atoms with van der Waals surface area (Å²) < 4.78 is 1.49. The maximum Gasteiger partial charge on any atom is 0.261 e. The number of fused-ring (bicyclic) bond motifs is 1. The first kappa shape index (κ1) is 18.4. The number of hydrogen-bond acceptors (Lipinski definition) is 4. The van der Waals surface area contributed by atoms with Crippen LogP contribution < -0.4 is 10.9 Å². The van der Waals surface area contributed by atoms with Gasteiger partial charge in [0.15, 0.2) is 0 Å². The van der Waals surface area contributed by atoms with Gasteiger partial charge in [-0.3, -0.25) is 14.2 Å². The predicted molar refractivity (Wildman–Crippen MR) is 102 cm³/mol. The van der Waals surface area contributed by atoms with Crippen molar-refractivity contribution in [2.75, 3.05) is 11.9 Å². The molecule has 0 saturated heterocycles. The number of carbonyl (C=O) groups excluding carboxylic acids is 1. The summed E-state index contributed by atoms with van der Waals surface area (Å²) in [6.45, 7) is 1.22. The Bertz CT molecular complexity index is 1050. The minimum atomic E-state index is -0.635. The Morgan fingerprint density at radius 1 is 1.23 bits per heavy atom. The van der Waals surface area contributed by atoms with Gasteiger partial charge < -0.3 is 10.4 Å². The zero-order chi connectivity index (χ0) is 18.8. The standard InChI is InChI=1S/C18H15Cl2N3O3/c1-10(11-2-4-14(19)15(20)6-11)23-9-21-16-5-3-12(22-17(25)8-24)7-13(16)18(23)26/h2-7,9-10,24H,8H2,1H3,(H,22,25). The van der Waals surface area contributed by atoms with Crippen LogP contribution in [0.15, 0.2) is 47.5 Å². The number of benzene rings is 2. The highest BCUT2D eigenvalue weighted by atomic mass is 35.5. The molecule has 0 radical (unpaired) electrons. The maximum atomic E-state index is 12.9. The van der Waals surface area contributed by atoms with E-state index in [0.717, 1.165) is 5.56 Å². The van der Waals surface area contributed by atoms with Gasteiger partial charge in [0.25, 0.3) is 5.56 Å². The highest BCUT2D eigenvalue weighted by Gasteiger charge is 2.14. The summed E-state index contributed by atoms with van der Waals surface area (Å²) in [5, 5.41) is 12.6. The van der Waals surface area contributed by atoms with E-state index < -0.39 is 12.5 Å². The minimum Gasteiger partial charge on any atom is -0.387 e. The molecule has 0 aliphatic heterocycles. The maximum absolute atomic E-state index is 12.9. The number of nitrogens with one attached hydrogen (secondary N) is 1. The van der Waals surface area contributed by atoms with Gasteiger partial charge in [0.1, 0.15) is 6.61 Å². The normalized spacial score (nSPS) is 12.2. The van der Waals surface area contributed by atoms with Crippen LogP contribution in [-0.4, -0.2) is 27.2 Å². The van der Waals surface area contributed by atoms with Crippen LogP contribution in [-0.2, 0) is 4.79 Å². The van der Waals surface area contributed by atoms with Crippen molar-refractivity contribution in [3.8, 4) is 0 Å². The molecular formula is C18H15Cl2N3O3. The zero-order valence-corrected chi connectivity index (χ0v) is 15.3. The van der Waals surface area contributed by atoms with Crippen molar-refractivity contribution < 1.29 is 9.90 Å². The molecule has 0 bridgehead atoms. The third kappa shape index (κ3) is 3.58. The van der Waals surface area contributed by atoms with Crippen LogP contribution in [0, 0.1) is 0 Å². The second-order valence-electron chi connectivity index (χ2n) is 5.74. The number of aliphatic hydroxyl groups excluding tert-OH is 1. The molecular weight excluding hydrogens is 377 g/mol. The average Bonchev–Trinajstić information content (AvgIpc) is 2.64. The lowest BCUT2D eigenvalue weighted by atomic mass is 10.1. The molecule has 0 aliphatic rings. The van der Waals surface area contributed by atoms with E-state index in [0.29, 0.717) is 26.6 Å². The van der Waals surface area contributed by atoms with Gasteiger partial charge in [-0.2, -0.15) is 0 Å². The molecule has 0 aliphatic carbocycles. The number of carbonyl (C=O) groups is 1. The molecule has 134 valence electrons. The van der Waals surface area contributed by atoms with Gasteiger partial charge in [0, 0.05) is 5.69 Å². The van der Waals surface area contributed by atoms with Crippen molar-refractivity contribution in [1.29, 1.82) is 0 Å². The molecule has 2 aromatic carbocycles. The molecule has 1 unspecified atom stereocenters. The number of rotatable bonds is 4. The van der Waals surface area contributed by atoms with Gasteiger partial charge >= 0.3 is 0 Å². The molecule has 0 saturated carbocycles. The van der Waals surface area contributed by atoms with Crippen molar-refractivity contribution in [2.24, 2.45) is 0 Å². The van der Waals surface area contributed by atoms with Crippen LogP contribution in [0.3, 0.4) is 0 Å². The fraction of sp³-hybridized carbons (Fsp3) is 0.167. The van der Waals surface area contributed by atoms with E-state index in [1.54, 1.807) is 30.3 Å². The SMILES string of the molecule is CC(c1ccc(Cl)c(Cl)c1)n1cnc2ccc(NC(=O)CO)cc2c1=O. The summed E-state index contributed by atoms with van der Waals surface area (Å²) in [7, 11) is 0. The molecule has 6 nitrogen and oxygen atoms in total. The third-order valence-electron chi connectivity index (χ3n) is 4.05. The Morgan fingerprint density at radius 3 is 2.69 bits per heavy atom. The van der Waals surface area contributed by atoms with Crippen LogP contribution in [0.1, 0.15) is 18.5 Å². The lowest BCUT2D eigenvalue weighted by molar-refractivity contribution is -0.118. The largest absolute Gasteiger partial charge is 0.387 e.